The number of benzene rings is 1. The van der Waals surface area contributed by atoms with E-state index in [4.69, 9.17) is 4.74 Å². The standard InChI is InChI=1S/C15H22N2O2S/c1-11(2)14(20)15(18)16-12-3-5-13(6-4-12)17-7-9-19-10-8-17/h3-6,11,14,20H,7-10H2,1-2H3,(H,16,18). The van der Waals surface area contributed by atoms with Gasteiger partial charge in [-0.3, -0.25) is 4.79 Å². The average Bonchev–Trinajstić information content (AvgIpc) is 2.48. The number of anilines is 2. The Morgan fingerprint density at radius 3 is 2.40 bits per heavy atom. The Morgan fingerprint density at radius 2 is 1.85 bits per heavy atom. The monoisotopic (exact) mass is 294 g/mol. The van der Waals surface area contributed by atoms with Crippen LogP contribution in [0.1, 0.15) is 13.8 Å². The van der Waals surface area contributed by atoms with Gasteiger partial charge in [-0.05, 0) is 30.2 Å². The van der Waals surface area contributed by atoms with Gasteiger partial charge in [0.05, 0.1) is 18.5 Å². The summed E-state index contributed by atoms with van der Waals surface area (Å²) in [6.07, 6.45) is 0. The molecule has 0 aliphatic carbocycles. The Bertz CT molecular complexity index is 442. The van der Waals surface area contributed by atoms with Gasteiger partial charge in [-0.15, -0.1) is 0 Å². The van der Waals surface area contributed by atoms with Crippen LogP contribution in [0.4, 0.5) is 11.4 Å². The maximum atomic E-state index is 11.9. The lowest BCUT2D eigenvalue weighted by Gasteiger charge is -2.29. The summed E-state index contributed by atoms with van der Waals surface area (Å²) in [5.41, 5.74) is 1.98. The van der Waals surface area contributed by atoms with Crippen LogP contribution in [0.5, 0.6) is 0 Å². The summed E-state index contributed by atoms with van der Waals surface area (Å²) in [6, 6.07) is 7.93. The van der Waals surface area contributed by atoms with Gasteiger partial charge in [-0.1, -0.05) is 13.8 Å². The molecule has 1 unspecified atom stereocenters. The molecule has 110 valence electrons. The minimum Gasteiger partial charge on any atom is -0.378 e. The van der Waals surface area contributed by atoms with Crippen LogP contribution >= 0.6 is 12.6 Å². The van der Waals surface area contributed by atoms with Crippen molar-refractivity contribution < 1.29 is 9.53 Å². The van der Waals surface area contributed by atoms with Crippen LogP contribution in [0.25, 0.3) is 0 Å². The van der Waals surface area contributed by atoms with Gasteiger partial charge in [0.1, 0.15) is 0 Å². The number of hydrogen-bond donors (Lipinski definition) is 2. The molecular formula is C15H22N2O2S. The van der Waals surface area contributed by atoms with Crippen LogP contribution in [0.3, 0.4) is 0 Å². The largest absolute Gasteiger partial charge is 0.378 e. The Morgan fingerprint density at radius 1 is 1.25 bits per heavy atom. The van der Waals surface area contributed by atoms with Gasteiger partial charge < -0.3 is 15.0 Å². The van der Waals surface area contributed by atoms with Crippen molar-refractivity contribution in [3.8, 4) is 0 Å². The van der Waals surface area contributed by atoms with Crippen molar-refractivity contribution in [2.45, 2.75) is 19.1 Å². The summed E-state index contributed by atoms with van der Waals surface area (Å²) >= 11 is 4.32. The first-order chi connectivity index (χ1) is 9.58. The van der Waals surface area contributed by atoms with Gasteiger partial charge in [0.2, 0.25) is 5.91 Å². The summed E-state index contributed by atoms with van der Waals surface area (Å²) in [4.78, 5) is 14.2. The number of hydrogen-bond acceptors (Lipinski definition) is 4. The van der Waals surface area contributed by atoms with Crippen LogP contribution in [-0.2, 0) is 9.53 Å². The topological polar surface area (TPSA) is 41.6 Å². The quantitative estimate of drug-likeness (QED) is 0.838. The smallest absolute Gasteiger partial charge is 0.237 e. The second-order valence-corrected chi connectivity index (χ2v) is 5.88. The van der Waals surface area contributed by atoms with E-state index in [0.717, 1.165) is 37.7 Å². The highest BCUT2D eigenvalue weighted by molar-refractivity contribution is 7.81. The molecule has 1 aliphatic rings. The van der Waals surface area contributed by atoms with E-state index < -0.39 is 0 Å². The number of rotatable bonds is 4. The fraction of sp³-hybridized carbons (Fsp3) is 0.533. The number of amides is 1. The minimum atomic E-state index is -0.283. The molecule has 0 radical (unpaired) electrons. The van der Waals surface area contributed by atoms with Crippen LogP contribution in [0, 0.1) is 5.92 Å². The van der Waals surface area contributed by atoms with E-state index in [-0.39, 0.29) is 17.1 Å². The van der Waals surface area contributed by atoms with Crippen molar-refractivity contribution in [1.29, 1.82) is 0 Å². The van der Waals surface area contributed by atoms with Gasteiger partial charge in [-0.2, -0.15) is 12.6 Å². The Hall–Kier alpha value is -1.20. The summed E-state index contributed by atoms with van der Waals surface area (Å²) in [5, 5.41) is 2.61. The molecule has 0 spiro atoms. The van der Waals surface area contributed by atoms with Gasteiger partial charge in [0.25, 0.3) is 0 Å². The molecule has 0 bridgehead atoms. The predicted octanol–water partition coefficient (Wildman–Crippen LogP) is 2.42. The summed E-state index contributed by atoms with van der Waals surface area (Å²) in [7, 11) is 0. The van der Waals surface area contributed by atoms with E-state index in [1.54, 1.807) is 0 Å². The third-order valence-corrected chi connectivity index (χ3v) is 4.24. The van der Waals surface area contributed by atoms with Crippen LogP contribution in [0.15, 0.2) is 24.3 Å². The number of morpholine rings is 1. The van der Waals surface area contributed by atoms with Crippen molar-refractivity contribution in [2.24, 2.45) is 5.92 Å². The van der Waals surface area contributed by atoms with Crippen LogP contribution in [0.2, 0.25) is 0 Å². The van der Waals surface area contributed by atoms with E-state index in [1.165, 1.54) is 0 Å². The first kappa shape index (κ1) is 15.2. The number of carbonyl (C=O) groups is 1. The van der Waals surface area contributed by atoms with Gasteiger partial charge in [0, 0.05) is 24.5 Å². The molecule has 4 nitrogen and oxygen atoms in total. The van der Waals surface area contributed by atoms with Crippen molar-refractivity contribution in [1.82, 2.24) is 0 Å². The predicted molar refractivity (Wildman–Crippen MR) is 85.7 cm³/mol. The van der Waals surface area contributed by atoms with Crippen molar-refractivity contribution in [3.05, 3.63) is 24.3 Å². The lowest BCUT2D eigenvalue weighted by atomic mass is 10.1. The SMILES string of the molecule is CC(C)C(S)C(=O)Nc1ccc(N2CCOCC2)cc1. The van der Waals surface area contributed by atoms with Crippen molar-refractivity contribution in [2.75, 3.05) is 36.5 Å². The summed E-state index contributed by atoms with van der Waals surface area (Å²) in [6.45, 7) is 7.34. The zero-order valence-electron chi connectivity index (χ0n) is 12.0. The van der Waals surface area contributed by atoms with Crippen LogP contribution < -0.4 is 10.2 Å². The minimum absolute atomic E-state index is 0.0533. The van der Waals surface area contributed by atoms with E-state index in [1.807, 2.05) is 38.1 Å². The number of carbonyl (C=O) groups excluding carboxylic acids is 1. The molecule has 1 N–H and O–H groups in total. The second kappa shape index (κ2) is 6.99. The molecule has 1 atom stereocenters. The van der Waals surface area contributed by atoms with Gasteiger partial charge in [0.15, 0.2) is 0 Å². The maximum absolute atomic E-state index is 11.9. The maximum Gasteiger partial charge on any atom is 0.237 e. The van der Waals surface area contributed by atoms with Gasteiger partial charge in [-0.25, -0.2) is 0 Å². The number of ether oxygens (including phenoxy) is 1. The zero-order chi connectivity index (χ0) is 14.5. The fourth-order valence-corrected chi connectivity index (χ4v) is 2.16. The molecule has 1 aromatic carbocycles. The second-order valence-electron chi connectivity index (χ2n) is 5.32. The normalized spacial score (nSPS) is 17.1. The highest BCUT2D eigenvalue weighted by Gasteiger charge is 2.17. The van der Waals surface area contributed by atoms with Crippen LogP contribution in [-0.4, -0.2) is 37.5 Å². The Labute approximate surface area is 125 Å². The molecule has 0 saturated carbocycles. The van der Waals surface area contributed by atoms with E-state index in [9.17, 15) is 4.79 Å². The van der Waals surface area contributed by atoms with Crippen molar-refractivity contribution in [3.63, 3.8) is 0 Å². The van der Waals surface area contributed by atoms with E-state index in [0.29, 0.717) is 0 Å². The third-order valence-electron chi connectivity index (χ3n) is 3.41. The average molecular weight is 294 g/mol. The highest BCUT2D eigenvalue weighted by atomic mass is 32.1. The lowest BCUT2D eigenvalue weighted by molar-refractivity contribution is -0.116. The first-order valence-corrected chi connectivity index (χ1v) is 7.51. The lowest BCUT2D eigenvalue weighted by Crippen LogP contribution is -2.36. The van der Waals surface area contributed by atoms with Gasteiger partial charge >= 0.3 is 0 Å². The van der Waals surface area contributed by atoms with E-state index >= 15 is 0 Å². The molecule has 20 heavy (non-hydrogen) atoms. The summed E-state index contributed by atoms with van der Waals surface area (Å²) < 4.78 is 5.34. The zero-order valence-corrected chi connectivity index (χ0v) is 12.9. The molecule has 1 heterocycles. The molecule has 1 saturated heterocycles. The Kier molecular flexibility index (Phi) is 5.31. The summed E-state index contributed by atoms with van der Waals surface area (Å²) in [5.74, 6) is 0.161. The molecule has 0 aromatic heterocycles. The van der Waals surface area contributed by atoms with Crippen molar-refractivity contribution >= 4 is 29.9 Å². The molecule has 1 amide bonds. The number of nitrogens with zero attached hydrogens (tertiary/aromatic N) is 1. The molecule has 5 heteroatoms. The molecule has 1 fully saturated rings. The molecule has 2 rings (SSSR count). The molecule has 1 aliphatic heterocycles. The molecule has 1 aromatic rings. The first-order valence-electron chi connectivity index (χ1n) is 6.99. The fourth-order valence-electron chi connectivity index (χ4n) is 2.10. The molecular weight excluding hydrogens is 272 g/mol. The number of thiol groups is 1. The van der Waals surface area contributed by atoms with E-state index in [2.05, 4.69) is 22.8 Å². The Balaban J connectivity index is 1.96. The number of nitrogens with one attached hydrogen (secondary N) is 1. The highest BCUT2D eigenvalue weighted by Crippen LogP contribution is 2.20. The third kappa shape index (κ3) is 3.90.